The van der Waals surface area contributed by atoms with Gasteiger partial charge in [-0.25, -0.2) is 12.8 Å². The summed E-state index contributed by atoms with van der Waals surface area (Å²) < 4.78 is 38.5. The zero-order valence-electron chi connectivity index (χ0n) is 10.8. The van der Waals surface area contributed by atoms with Crippen molar-refractivity contribution >= 4 is 15.9 Å². The number of nitrogens with two attached hydrogens (primary N) is 2. The van der Waals surface area contributed by atoms with Crippen LogP contribution in [0.5, 0.6) is 0 Å². The summed E-state index contributed by atoms with van der Waals surface area (Å²) in [7, 11) is -2.79. The van der Waals surface area contributed by atoms with Gasteiger partial charge in [-0.3, -0.25) is 4.79 Å². The lowest BCUT2D eigenvalue weighted by Crippen LogP contribution is -2.35. The molecule has 0 heterocycles. The Morgan fingerprint density at radius 2 is 2.10 bits per heavy atom. The minimum absolute atomic E-state index is 0.00707. The predicted molar refractivity (Wildman–Crippen MR) is 71.3 cm³/mol. The standard InChI is InChI=1S/C12H14FN3O3S/c1-16(8-12(15)17)20(18,19)11-5-4-10(13)7-9(11)3-2-6-14/h4-5,7H,6,8,14H2,1H3,(H2,15,17). The number of rotatable bonds is 4. The van der Waals surface area contributed by atoms with Gasteiger partial charge in [0.1, 0.15) is 5.82 Å². The van der Waals surface area contributed by atoms with Gasteiger partial charge >= 0.3 is 0 Å². The van der Waals surface area contributed by atoms with Crippen LogP contribution < -0.4 is 11.5 Å². The highest BCUT2D eigenvalue weighted by Gasteiger charge is 2.24. The van der Waals surface area contributed by atoms with E-state index in [1.807, 2.05) is 0 Å². The summed E-state index contributed by atoms with van der Waals surface area (Å²) in [5.41, 5.74) is 10.2. The van der Waals surface area contributed by atoms with E-state index in [0.717, 1.165) is 22.5 Å². The van der Waals surface area contributed by atoms with Crippen LogP contribution in [0.3, 0.4) is 0 Å². The van der Waals surface area contributed by atoms with Crippen molar-refractivity contribution in [2.75, 3.05) is 20.1 Å². The Hall–Kier alpha value is -1.95. The van der Waals surface area contributed by atoms with E-state index in [1.54, 1.807) is 0 Å². The highest BCUT2D eigenvalue weighted by molar-refractivity contribution is 7.89. The number of carbonyl (C=O) groups excluding carboxylic acids is 1. The van der Waals surface area contributed by atoms with Crippen LogP contribution in [0, 0.1) is 17.7 Å². The molecule has 0 aliphatic carbocycles. The van der Waals surface area contributed by atoms with Crippen molar-refractivity contribution in [1.82, 2.24) is 4.31 Å². The van der Waals surface area contributed by atoms with Crippen LogP contribution in [0.2, 0.25) is 0 Å². The molecule has 0 spiro atoms. The number of carbonyl (C=O) groups is 1. The smallest absolute Gasteiger partial charge is 0.244 e. The zero-order valence-corrected chi connectivity index (χ0v) is 11.6. The minimum atomic E-state index is -3.99. The van der Waals surface area contributed by atoms with E-state index in [2.05, 4.69) is 11.8 Å². The van der Waals surface area contributed by atoms with E-state index in [9.17, 15) is 17.6 Å². The van der Waals surface area contributed by atoms with Crippen LogP contribution in [0.4, 0.5) is 4.39 Å². The molecule has 0 radical (unpaired) electrons. The fourth-order valence-corrected chi connectivity index (χ4v) is 2.70. The van der Waals surface area contributed by atoms with E-state index in [4.69, 9.17) is 11.5 Å². The monoisotopic (exact) mass is 299 g/mol. The molecule has 1 rings (SSSR count). The Labute approximate surface area is 116 Å². The van der Waals surface area contributed by atoms with Crippen LogP contribution in [0.25, 0.3) is 0 Å². The first kappa shape index (κ1) is 16.1. The quantitative estimate of drug-likeness (QED) is 0.713. The third-order valence-electron chi connectivity index (χ3n) is 2.33. The van der Waals surface area contributed by atoms with Crippen molar-refractivity contribution in [2.45, 2.75) is 4.90 Å². The molecule has 0 aliphatic heterocycles. The average Bonchev–Trinajstić information content (AvgIpc) is 2.35. The number of benzene rings is 1. The molecule has 20 heavy (non-hydrogen) atoms. The minimum Gasteiger partial charge on any atom is -0.369 e. The van der Waals surface area contributed by atoms with E-state index >= 15 is 0 Å². The summed E-state index contributed by atoms with van der Waals surface area (Å²) in [6.45, 7) is -0.476. The number of hydrogen-bond acceptors (Lipinski definition) is 4. The molecule has 0 unspecified atom stereocenters. The SMILES string of the molecule is CN(CC(N)=O)S(=O)(=O)c1ccc(F)cc1C#CCN. The van der Waals surface area contributed by atoms with Gasteiger partial charge in [0, 0.05) is 12.6 Å². The van der Waals surface area contributed by atoms with Gasteiger partial charge in [-0.05, 0) is 18.2 Å². The zero-order chi connectivity index (χ0) is 15.3. The summed E-state index contributed by atoms with van der Waals surface area (Å²) in [4.78, 5) is 10.6. The highest BCUT2D eigenvalue weighted by atomic mass is 32.2. The molecular formula is C12H14FN3O3S. The summed E-state index contributed by atoms with van der Waals surface area (Å²) in [6, 6.07) is 3.08. The second-order valence-electron chi connectivity index (χ2n) is 3.87. The van der Waals surface area contributed by atoms with Crippen molar-refractivity contribution in [2.24, 2.45) is 11.5 Å². The second kappa shape index (κ2) is 6.47. The number of likely N-dealkylation sites (N-methyl/N-ethyl adjacent to an activating group) is 1. The third kappa shape index (κ3) is 3.77. The fraction of sp³-hybridized carbons (Fsp3) is 0.250. The van der Waals surface area contributed by atoms with Crippen molar-refractivity contribution in [3.63, 3.8) is 0 Å². The van der Waals surface area contributed by atoms with E-state index in [-0.39, 0.29) is 17.0 Å². The molecule has 0 aliphatic rings. The van der Waals surface area contributed by atoms with Crippen LogP contribution in [-0.2, 0) is 14.8 Å². The largest absolute Gasteiger partial charge is 0.369 e. The Morgan fingerprint density at radius 1 is 1.45 bits per heavy atom. The first-order valence-corrected chi connectivity index (χ1v) is 6.96. The molecule has 1 aromatic rings. The molecule has 108 valence electrons. The molecule has 0 bridgehead atoms. The molecule has 0 saturated carbocycles. The van der Waals surface area contributed by atoms with Crippen molar-refractivity contribution in [3.8, 4) is 11.8 Å². The average molecular weight is 299 g/mol. The van der Waals surface area contributed by atoms with E-state index < -0.39 is 28.3 Å². The van der Waals surface area contributed by atoms with Crippen LogP contribution >= 0.6 is 0 Å². The number of primary amides is 1. The van der Waals surface area contributed by atoms with Gasteiger partial charge in [0.2, 0.25) is 15.9 Å². The molecule has 6 nitrogen and oxygen atoms in total. The molecule has 0 atom stereocenters. The number of hydrogen-bond donors (Lipinski definition) is 2. The normalized spacial score (nSPS) is 11.0. The lowest BCUT2D eigenvalue weighted by molar-refractivity contribution is -0.118. The van der Waals surface area contributed by atoms with Crippen molar-refractivity contribution < 1.29 is 17.6 Å². The predicted octanol–water partition coefficient (Wildman–Crippen LogP) is -0.758. The number of nitrogens with zero attached hydrogens (tertiary/aromatic N) is 1. The van der Waals surface area contributed by atoms with Crippen molar-refractivity contribution in [1.29, 1.82) is 0 Å². The molecule has 8 heteroatoms. The Morgan fingerprint density at radius 3 is 2.65 bits per heavy atom. The van der Waals surface area contributed by atoms with Crippen LogP contribution in [0.1, 0.15) is 5.56 Å². The molecule has 4 N–H and O–H groups in total. The van der Waals surface area contributed by atoms with Gasteiger partial charge in [0.05, 0.1) is 18.0 Å². The molecular weight excluding hydrogens is 285 g/mol. The number of amides is 1. The van der Waals surface area contributed by atoms with Crippen LogP contribution in [-0.4, -0.2) is 38.8 Å². The topological polar surface area (TPSA) is 106 Å². The van der Waals surface area contributed by atoms with Crippen molar-refractivity contribution in [3.05, 3.63) is 29.6 Å². The molecule has 0 saturated heterocycles. The maximum absolute atomic E-state index is 13.2. The second-order valence-corrected chi connectivity index (χ2v) is 5.89. The maximum Gasteiger partial charge on any atom is 0.244 e. The van der Waals surface area contributed by atoms with Gasteiger partial charge < -0.3 is 11.5 Å². The first-order valence-electron chi connectivity index (χ1n) is 5.52. The molecule has 0 aromatic heterocycles. The summed E-state index contributed by atoms with van der Waals surface area (Å²) in [5.74, 6) is 3.53. The van der Waals surface area contributed by atoms with Gasteiger partial charge in [-0.1, -0.05) is 11.8 Å². The van der Waals surface area contributed by atoms with E-state index in [0.29, 0.717) is 0 Å². The molecule has 1 aromatic carbocycles. The Balaban J connectivity index is 3.34. The Kier molecular flexibility index (Phi) is 5.21. The van der Waals surface area contributed by atoms with Gasteiger partial charge in [-0.2, -0.15) is 4.31 Å². The lowest BCUT2D eigenvalue weighted by Gasteiger charge is -2.16. The number of halogens is 1. The van der Waals surface area contributed by atoms with Crippen LogP contribution in [0.15, 0.2) is 23.1 Å². The van der Waals surface area contributed by atoms with Gasteiger partial charge in [-0.15, -0.1) is 0 Å². The highest BCUT2D eigenvalue weighted by Crippen LogP contribution is 2.19. The fourth-order valence-electron chi connectivity index (χ4n) is 1.44. The van der Waals surface area contributed by atoms with Gasteiger partial charge in [0.25, 0.3) is 0 Å². The summed E-state index contributed by atoms with van der Waals surface area (Å²) in [6.07, 6.45) is 0. The summed E-state index contributed by atoms with van der Waals surface area (Å²) >= 11 is 0. The molecule has 0 fully saturated rings. The summed E-state index contributed by atoms with van der Waals surface area (Å²) in [5, 5.41) is 0. The first-order chi connectivity index (χ1) is 9.28. The maximum atomic E-state index is 13.2. The lowest BCUT2D eigenvalue weighted by atomic mass is 10.2. The van der Waals surface area contributed by atoms with E-state index in [1.165, 1.54) is 7.05 Å². The molecule has 1 amide bonds. The van der Waals surface area contributed by atoms with Gasteiger partial charge in [0.15, 0.2) is 0 Å². The number of sulfonamides is 1. The Bertz CT molecular complexity index is 677. The third-order valence-corrected chi connectivity index (χ3v) is 4.19.